The van der Waals surface area contributed by atoms with Crippen molar-refractivity contribution in [1.82, 2.24) is 10.6 Å². The Kier molecular flexibility index (Phi) is 5.62. The molecule has 1 aromatic heterocycles. The van der Waals surface area contributed by atoms with Crippen LogP contribution in [0, 0.1) is 0 Å². The molecule has 1 aromatic carbocycles. The first-order valence-corrected chi connectivity index (χ1v) is 7.34. The highest BCUT2D eigenvalue weighted by molar-refractivity contribution is 7.80. The van der Waals surface area contributed by atoms with Gasteiger partial charge < -0.3 is 15.1 Å². The van der Waals surface area contributed by atoms with E-state index in [0.717, 1.165) is 30.7 Å². The van der Waals surface area contributed by atoms with E-state index in [4.69, 9.17) is 16.6 Å². The van der Waals surface area contributed by atoms with Crippen molar-refractivity contribution in [3.8, 4) is 0 Å². The van der Waals surface area contributed by atoms with Gasteiger partial charge in [0.1, 0.15) is 11.8 Å². The first-order chi connectivity index (χ1) is 9.81. The summed E-state index contributed by atoms with van der Waals surface area (Å²) in [7, 11) is 0. The van der Waals surface area contributed by atoms with Gasteiger partial charge in [-0.2, -0.15) is 0 Å². The molecule has 0 saturated heterocycles. The van der Waals surface area contributed by atoms with Crippen LogP contribution in [0.1, 0.15) is 37.1 Å². The van der Waals surface area contributed by atoms with E-state index in [1.54, 1.807) is 6.26 Å². The lowest BCUT2D eigenvalue weighted by atomic mass is 10.1. The predicted molar refractivity (Wildman–Crippen MR) is 85.6 cm³/mol. The summed E-state index contributed by atoms with van der Waals surface area (Å²) in [6, 6.07) is 13.9. The highest BCUT2D eigenvalue weighted by atomic mass is 32.1. The second kappa shape index (κ2) is 7.70. The highest BCUT2D eigenvalue weighted by Crippen LogP contribution is 2.22. The Bertz CT molecular complexity index is 511. The molecular formula is C16H20N2OS. The van der Waals surface area contributed by atoms with E-state index in [1.165, 1.54) is 0 Å². The summed E-state index contributed by atoms with van der Waals surface area (Å²) >= 11 is 5.35. The van der Waals surface area contributed by atoms with Crippen LogP contribution in [0.5, 0.6) is 0 Å². The first-order valence-electron chi connectivity index (χ1n) is 6.94. The second-order valence-electron chi connectivity index (χ2n) is 4.61. The van der Waals surface area contributed by atoms with Crippen molar-refractivity contribution in [2.24, 2.45) is 0 Å². The third kappa shape index (κ3) is 4.10. The lowest BCUT2D eigenvalue weighted by Crippen LogP contribution is -2.38. The summed E-state index contributed by atoms with van der Waals surface area (Å²) < 4.78 is 5.53. The molecular weight excluding hydrogens is 268 g/mol. The normalized spacial score (nSPS) is 11.8. The fourth-order valence-electron chi connectivity index (χ4n) is 1.98. The minimum absolute atomic E-state index is 0.0622. The lowest BCUT2D eigenvalue weighted by molar-refractivity contribution is 0.474. The minimum Gasteiger partial charge on any atom is -0.467 e. The molecule has 3 nitrogen and oxygen atoms in total. The fraction of sp³-hybridized carbons (Fsp3) is 0.312. The van der Waals surface area contributed by atoms with Crippen molar-refractivity contribution in [2.75, 3.05) is 6.54 Å². The summed E-state index contributed by atoms with van der Waals surface area (Å²) in [6.07, 6.45) is 3.94. The van der Waals surface area contributed by atoms with Crippen molar-refractivity contribution in [1.29, 1.82) is 0 Å². The SMILES string of the molecule is CCCCNC(=S)N[C@H](c1ccccc1)c1ccco1. The molecule has 0 amide bonds. The Morgan fingerprint density at radius 1 is 1.20 bits per heavy atom. The Labute approximate surface area is 125 Å². The highest BCUT2D eigenvalue weighted by Gasteiger charge is 2.17. The summed E-state index contributed by atoms with van der Waals surface area (Å²) in [5.74, 6) is 0.857. The van der Waals surface area contributed by atoms with Gasteiger partial charge in [-0.15, -0.1) is 0 Å². The molecule has 0 radical (unpaired) electrons. The maximum Gasteiger partial charge on any atom is 0.167 e. The molecule has 1 heterocycles. The average Bonchev–Trinajstić information content (AvgIpc) is 3.00. The van der Waals surface area contributed by atoms with E-state index in [0.29, 0.717) is 5.11 Å². The molecule has 0 aliphatic carbocycles. The van der Waals surface area contributed by atoms with Gasteiger partial charge in [-0.1, -0.05) is 43.7 Å². The van der Waals surface area contributed by atoms with Crippen LogP contribution in [-0.2, 0) is 0 Å². The number of unbranched alkanes of at least 4 members (excludes halogenated alkanes) is 1. The summed E-state index contributed by atoms with van der Waals surface area (Å²) in [4.78, 5) is 0. The molecule has 0 saturated carbocycles. The fourth-order valence-corrected chi connectivity index (χ4v) is 2.20. The van der Waals surface area contributed by atoms with Gasteiger partial charge in [0, 0.05) is 6.54 Å². The number of benzene rings is 1. The molecule has 2 N–H and O–H groups in total. The molecule has 2 rings (SSSR count). The van der Waals surface area contributed by atoms with Gasteiger partial charge in [-0.25, -0.2) is 0 Å². The van der Waals surface area contributed by atoms with Gasteiger partial charge in [0.05, 0.1) is 6.26 Å². The largest absolute Gasteiger partial charge is 0.467 e. The van der Waals surface area contributed by atoms with Crippen LogP contribution in [0.15, 0.2) is 53.1 Å². The molecule has 0 fully saturated rings. The van der Waals surface area contributed by atoms with Gasteiger partial charge >= 0.3 is 0 Å². The Morgan fingerprint density at radius 3 is 2.65 bits per heavy atom. The molecule has 0 unspecified atom stereocenters. The van der Waals surface area contributed by atoms with Crippen molar-refractivity contribution in [2.45, 2.75) is 25.8 Å². The number of nitrogens with one attached hydrogen (secondary N) is 2. The quantitative estimate of drug-likeness (QED) is 0.629. The molecule has 0 aliphatic heterocycles. The predicted octanol–water partition coefficient (Wildman–Crippen LogP) is 3.63. The van der Waals surface area contributed by atoms with Gasteiger partial charge in [-0.3, -0.25) is 0 Å². The van der Waals surface area contributed by atoms with Crippen LogP contribution in [0.3, 0.4) is 0 Å². The lowest BCUT2D eigenvalue weighted by Gasteiger charge is -2.19. The smallest absolute Gasteiger partial charge is 0.167 e. The van der Waals surface area contributed by atoms with Crippen LogP contribution in [-0.4, -0.2) is 11.7 Å². The van der Waals surface area contributed by atoms with E-state index in [-0.39, 0.29) is 6.04 Å². The molecule has 1 atom stereocenters. The van der Waals surface area contributed by atoms with E-state index in [1.807, 2.05) is 30.3 Å². The Balaban J connectivity index is 2.06. The van der Waals surface area contributed by atoms with Crippen LogP contribution < -0.4 is 10.6 Å². The maximum atomic E-state index is 5.53. The zero-order chi connectivity index (χ0) is 14.2. The standard InChI is InChI=1S/C16H20N2OS/c1-2-3-11-17-16(20)18-15(14-10-7-12-19-14)13-8-5-4-6-9-13/h4-10,12,15H,2-3,11H2,1H3,(H2,17,18,20)/t15-/m1/s1. The summed E-state index contributed by atoms with van der Waals surface area (Å²) in [6.45, 7) is 3.05. The van der Waals surface area contributed by atoms with E-state index in [2.05, 4.69) is 29.7 Å². The van der Waals surface area contributed by atoms with Crippen LogP contribution in [0.25, 0.3) is 0 Å². The van der Waals surface area contributed by atoms with Gasteiger partial charge in [0.25, 0.3) is 0 Å². The molecule has 20 heavy (non-hydrogen) atoms. The number of furan rings is 1. The van der Waals surface area contributed by atoms with E-state index >= 15 is 0 Å². The molecule has 0 aliphatic rings. The summed E-state index contributed by atoms with van der Waals surface area (Å²) in [5.41, 5.74) is 1.13. The molecule has 4 heteroatoms. The number of thiocarbonyl (C=S) groups is 1. The molecule has 2 aromatic rings. The zero-order valence-electron chi connectivity index (χ0n) is 11.6. The van der Waals surface area contributed by atoms with Crippen molar-refractivity contribution < 1.29 is 4.42 Å². The maximum absolute atomic E-state index is 5.53. The number of hydrogen-bond donors (Lipinski definition) is 2. The number of rotatable bonds is 6. The summed E-state index contributed by atoms with van der Waals surface area (Å²) in [5, 5.41) is 7.20. The Hall–Kier alpha value is -1.81. The van der Waals surface area contributed by atoms with E-state index < -0.39 is 0 Å². The van der Waals surface area contributed by atoms with Gasteiger partial charge in [0.2, 0.25) is 0 Å². The van der Waals surface area contributed by atoms with Gasteiger partial charge in [0.15, 0.2) is 5.11 Å². The van der Waals surface area contributed by atoms with Crippen molar-refractivity contribution in [3.63, 3.8) is 0 Å². The molecule has 0 spiro atoms. The minimum atomic E-state index is -0.0622. The van der Waals surface area contributed by atoms with E-state index in [9.17, 15) is 0 Å². The van der Waals surface area contributed by atoms with Crippen LogP contribution in [0.4, 0.5) is 0 Å². The third-order valence-corrected chi connectivity index (χ3v) is 3.31. The zero-order valence-corrected chi connectivity index (χ0v) is 12.5. The second-order valence-corrected chi connectivity index (χ2v) is 5.02. The van der Waals surface area contributed by atoms with Crippen molar-refractivity contribution in [3.05, 3.63) is 60.1 Å². The molecule has 106 valence electrons. The van der Waals surface area contributed by atoms with Crippen LogP contribution in [0.2, 0.25) is 0 Å². The van der Waals surface area contributed by atoms with Gasteiger partial charge in [-0.05, 0) is 36.3 Å². The average molecular weight is 288 g/mol. The third-order valence-electron chi connectivity index (χ3n) is 3.05. The number of hydrogen-bond acceptors (Lipinski definition) is 2. The molecule has 0 bridgehead atoms. The van der Waals surface area contributed by atoms with Crippen LogP contribution >= 0.6 is 12.2 Å². The Morgan fingerprint density at radius 2 is 2.00 bits per heavy atom. The monoisotopic (exact) mass is 288 g/mol. The topological polar surface area (TPSA) is 37.2 Å². The first kappa shape index (κ1) is 14.6. The van der Waals surface area contributed by atoms with Crippen molar-refractivity contribution >= 4 is 17.3 Å².